The van der Waals surface area contributed by atoms with Gasteiger partial charge in [0.2, 0.25) is 0 Å². The van der Waals surface area contributed by atoms with Crippen LogP contribution in [0.4, 0.5) is 17.1 Å². The summed E-state index contributed by atoms with van der Waals surface area (Å²) in [5.41, 5.74) is 13.2. The van der Waals surface area contributed by atoms with Crippen molar-refractivity contribution in [2.75, 3.05) is 4.90 Å². The summed E-state index contributed by atoms with van der Waals surface area (Å²) in [6.07, 6.45) is 4.59. The molecule has 13 aromatic rings. The lowest BCUT2D eigenvalue weighted by Gasteiger charge is -2.26. The Hall–Kier alpha value is -9.04. The lowest BCUT2D eigenvalue weighted by molar-refractivity contribution is 1.29. The van der Waals surface area contributed by atoms with Crippen molar-refractivity contribution >= 4 is 93.8 Å². The minimum atomic E-state index is 1.11. The maximum atomic E-state index is 2.35. The zero-order chi connectivity index (χ0) is 45.7. The van der Waals surface area contributed by atoms with Crippen LogP contribution in [0.15, 0.2) is 261 Å². The Bertz CT molecular complexity index is 4060. The van der Waals surface area contributed by atoms with Crippen molar-refractivity contribution in [3.05, 3.63) is 272 Å². The first-order valence-corrected chi connectivity index (χ1v) is 23.8. The Kier molecular flexibility index (Phi) is 9.91. The summed E-state index contributed by atoms with van der Waals surface area (Å²) in [5, 5.41) is 14.9. The first-order chi connectivity index (χ1) is 34.2. The van der Waals surface area contributed by atoms with Crippen LogP contribution in [0.2, 0.25) is 0 Å². The molecule has 0 aromatic heterocycles. The van der Waals surface area contributed by atoms with E-state index < -0.39 is 0 Å². The van der Waals surface area contributed by atoms with Crippen molar-refractivity contribution in [2.45, 2.75) is 0 Å². The van der Waals surface area contributed by atoms with Gasteiger partial charge in [-0.1, -0.05) is 237 Å². The summed E-state index contributed by atoms with van der Waals surface area (Å²) in [6.45, 7) is 0. The number of anilines is 3. The zero-order valence-electron chi connectivity index (χ0n) is 37.9. The summed E-state index contributed by atoms with van der Waals surface area (Å²) in [5.74, 6) is 0. The largest absolute Gasteiger partial charge is 0.310 e. The number of hydrogen-bond acceptors (Lipinski definition) is 1. The molecule has 0 aliphatic rings. The molecule has 1 heteroatoms. The van der Waals surface area contributed by atoms with Crippen molar-refractivity contribution in [3.8, 4) is 33.4 Å². The Morgan fingerprint density at radius 3 is 1.30 bits per heavy atom. The van der Waals surface area contributed by atoms with Crippen LogP contribution in [-0.2, 0) is 0 Å². The second-order valence-electron chi connectivity index (χ2n) is 17.9. The van der Waals surface area contributed by atoms with Crippen LogP contribution in [0.1, 0.15) is 11.1 Å². The number of nitrogens with zero attached hydrogens (tertiary/aromatic N) is 1. The van der Waals surface area contributed by atoms with E-state index in [9.17, 15) is 0 Å². The number of para-hydroxylation sites is 1. The molecule has 0 aliphatic heterocycles. The van der Waals surface area contributed by atoms with Crippen LogP contribution < -0.4 is 4.90 Å². The lowest BCUT2D eigenvalue weighted by Crippen LogP contribution is -2.09. The predicted molar refractivity (Wildman–Crippen MR) is 298 cm³/mol. The first kappa shape index (κ1) is 40.3. The molecular weight excluding hydrogens is 831 g/mol. The minimum Gasteiger partial charge on any atom is -0.310 e. The summed E-state index contributed by atoms with van der Waals surface area (Å²) >= 11 is 0. The van der Waals surface area contributed by atoms with E-state index in [2.05, 4.69) is 278 Å². The number of benzene rings is 13. The maximum Gasteiger partial charge on any atom is 0.0468 e. The SMILES string of the molecule is C(=Cc1ccc(-c2c3ccccc3c(-c3ccc(N(c4ccccc4)c4ccc5ccccc5c4)cc3)c3ccccc23)c2ccccc12)c1ccc(-c2cccc3ccccc23)c2ccccc12. The molecular formula is C68H45N. The van der Waals surface area contributed by atoms with Crippen LogP contribution >= 0.6 is 0 Å². The second kappa shape index (κ2) is 17.0. The molecule has 0 aliphatic carbocycles. The summed E-state index contributed by atoms with van der Waals surface area (Å²) in [7, 11) is 0. The molecule has 1 nitrogen and oxygen atoms in total. The van der Waals surface area contributed by atoms with Gasteiger partial charge in [-0.15, -0.1) is 0 Å². The van der Waals surface area contributed by atoms with E-state index in [1.54, 1.807) is 0 Å². The second-order valence-corrected chi connectivity index (χ2v) is 17.9. The van der Waals surface area contributed by atoms with Crippen LogP contribution in [0.3, 0.4) is 0 Å². The zero-order valence-corrected chi connectivity index (χ0v) is 37.9. The molecule has 0 amide bonds. The van der Waals surface area contributed by atoms with Crippen molar-refractivity contribution < 1.29 is 0 Å². The van der Waals surface area contributed by atoms with Gasteiger partial charge in [0.1, 0.15) is 0 Å². The van der Waals surface area contributed by atoms with Gasteiger partial charge in [-0.2, -0.15) is 0 Å². The van der Waals surface area contributed by atoms with Gasteiger partial charge < -0.3 is 4.90 Å². The van der Waals surface area contributed by atoms with Crippen molar-refractivity contribution in [3.63, 3.8) is 0 Å². The number of hydrogen-bond donors (Lipinski definition) is 0. The highest BCUT2D eigenvalue weighted by molar-refractivity contribution is 6.24. The fourth-order valence-corrected chi connectivity index (χ4v) is 10.9. The van der Waals surface area contributed by atoms with Crippen LogP contribution in [0, 0.1) is 0 Å². The molecule has 0 N–H and O–H groups in total. The first-order valence-electron chi connectivity index (χ1n) is 23.8. The van der Waals surface area contributed by atoms with Gasteiger partial charge in [0.25, 0.3) is 0 Å². The Labute approximate surface area is 402 Å². The molecule has 0 fully saturated rings. The van der Waals surface area contributed by atoms with E-state index in [1.807, 2.05) is 0 Å². The van der Waals surface area contributed by atoms with Gasteiger partial charge in [0, 0.05) is 17.1 Å². The minimum absolute atomic E-state index is 1.11. The van der Waals surface area contributed by atoms with Gasteiger partial charge in [0.05, 0.1) is 0 Å². The molecule has 13 rings (SSSR count). The van der Waals surface area contributed by atoms with Gasteiger partial charge in [-0.05, 0) is 146 Å². The topological polar surface area (TPSA) is 3.24 Å². The molecule has 0 bridgehead atoms. The lowest BCUT2D eigenvalue weighted by atomic mass is 9.84. The van der Waals surface area contributed by atoms with E-state index in [4.69, 9.17) is 0 Å². The average molecular weight is 876 g/mol. The quantitative estimate of drug-likeness (QED) is 0.109. The van der Waals surface area contributed by atoms with Crippen LogP contribution in [0.5, 0.6) is 0 Å². The number of rotatable bonds is 8. The van der Waals surface area contributed by atoms with Crippen LogP contribution in [0.25, 0.3) is 110 Å². The monoisotopic (exact) mass is 875 g/mol. The maximum absolute atomic E-state index is 2.35. The summed E-state index contributed by atoms with van der Waals surface area (Å²) < 4.78 is 0. The molecule has 0 atom stereocenters. The molecule has 322 valence electrons. The summed E-state index contributed by atoms with van der Waals surface area (Å²) in [4.78, 5) is 2.35. The van der Waals surface area contributed by atoms with Gasteiger partial charge in [-0.25, -0.2) is 0 Å². The van der Waals surface area contributed by atoms with Gasteiger partial charge >= 0.3 is 0 Å². The van der Waals surface area contributed by atoms with E-state index in [-0.39, 0.29) is 0 Å². The number of fused-ring (bicyclic) bond motifs is 6. The Morgan fingerprint density at radius 1 is 0.232 bits per heavy atom. The third-order valence-electron chi connectivity index (χ3n) is 14.1. The van der Waals surface area contributed by atoms with Gasteiger partial charge in [-0.3, -0.25) is 0 Å². The van der Waals surface area contributed by atoms with E-state index in [1.165, 1.54) is 109 Å². The molecule has 0 unspecified atom stereocenters. The Balaban J connectivity index is 0.911. The standard InChI is InChI=1S/C68H45N/c1-2-21-52(22-3-1)69(54-42-35-46-17-4-5-19-51(46)45-54)53-40-36-50(37-41-53)67-62-28-12-14-30-64(62)68(65-31-15-13-29-63(65)67)66-44-39-49(57-25-9-11-27-60(57)66)34-33-48-38-43-61(58-26-10-8-24-56(48)58)59-32-16-20-47-18-6-7-23-55(47)59/h1-45H. The highest BCUT2D eigenvalue weighted by atomic mass is 15.1. The molecule has 69 heavy (non-hydrogen) atoms. The highest BCUT2D eigenvalue weighted by Crippen LogP contribution is 2.47. The van der Waals surface area contributed by atoms with E-state index in [0.29, 0.717) is 0 Å². The fourth-order valence-electron chi connectivity index (χ4n) is 10.9. The Morgan fingerprint density at radius 2 is 0.667 bits per heavy atom. The summed E-state index contributed by atoms with van der Waals surface area (Å²) in [6, 6.07) is 95.3. The average Bonchev–Trinajstić information content (AvgIpc) is 3.42. The molecule has 0 heterocycles. The molecule has 0 saturated heterocycles. The molecule has 0 radical (unpaired) electrons. The molecule has 0 spiro atoms. The van der Waals surface area contributed by atoms with Gasteiger partial charge in [0.15, 0.2) is 0 Å². The van der Waals surface area contributed by atoms with Crippen LogP contribution in [-0.4, -0.2) is 0 Å². The third-order valence-corrected chi connectivity index (χ3v) is 14.1. The molecule has 0 saturated carbocycles. The van der Waals surface area contributed by atoms with E-state index in [0.717, 1.165) is 17.1 Å². The normalized spacial score (nSPS) is 11.7. The smallest absolute Gasteiger partial charge is 0.0468 e. The van der Waals surface area contributed by atoms with Crippen molar-refractivity contribution in [2.24, 2.45) is 0 Å². The predicted octanol–water partition coefficient (Wildman–Crippen LogP) is 19.2. The van der Waals surface area contributed by atoms with E-state index >= 15 is 0 Å². The highest BCUT2D eigenvalue weighted by Gasteiger charge is 2.20. The fraction of sp³-hybridized carbons (Fsp3) is 0. The molecule has 13 aromatic carbocycles. The van der Waals surface area contributed by atoms with Crippen molar-refractivity contribution in [1.82, 2.24) is 0 Å². The van der Waals surface area contributed by atoms with Crippen molar-refractivity contribution in [1.29, 1.82) is 0 Å². The third kappa shape index (κ3) is 7.03.